The zero-order valence-electron chi connectivity index (χ0n) is 17.3. The summed E-state index contributed by atoms with van der Waals surface area (Å²) in [5, 5.41) is 2.69. The quantitative estimate of drug-likeness (QED) is 0.590. The van der Waals surface area contributed by atoms with Gasteiger partial charge in [-0.2, -0.15) is 4.31 Å². The number of hydrogen-bond acceptors (Lipinski definition) is 7. The normalized spacial score (nSPS) is 15.2. The van der Waals surface area contributed by atoms with E-state index in [1.54, 1.807) is 0 Å². The number of halogens is 1. The van der Waals surface area contributed by atoms with Crippen LogP contribution in [0.4, 0.5) is 11.4 Å². The van der Waals surface area contributed by atoms with Crippen molar-refractivity contribution in [3.05, 3.63) is 47.0 Å². The standard InChI is InChI=1S/C19H22ClN3O7S2/c1-29-17-6-4-13(12-18(17)32(27,28)23-7-9-30-10-8-23)21-19(24)15-11-14(3-5-16(15)20)22-31(2,25)26/h3-6,11-12,22H,7-10H2,1-2H3,(H,21,24). The average molecular weight is 504 g/mol. The molecular formula is C19H22ClN3O7S2. The predicted octanol–water partition coefficient (Wildman–Crippen LogP) is 1.99. The second-order valence-electron chi connectivity index (χ2n) is 6.91. The third-order valence-corrected chi connectivity index (χ3v) is 7.38. The fourth-order valence-corrected chi connectivity index (χ4v) is 5.41. The maximum absolute atomic E-state index is 13.1. The molecule has 1 aliphatic rings. The fraction of sp³-hybridized carbons (Fsp3) is 0.316. The summed E-state index contributed by atoms with van der Waals surface area (Å²) >= 11 is 6.11. The molecule has 174 valence electrons. The molecule has 3 rings (SSSR count). The van der Waals surface area contributed by atoms with Crippen LogP contribution in [0, 0.1) is 0 Å². The van der Waals surface area contributed by atoms with Crippen LogP contribution in [0.1, 0.15) is 10.4 Å². The van der Waals surface area contributed by atoms with Crippen molar-refractivity contribution in [2.45, 2.75) is 4.90 Å². The number of hydrogen-bond donors (Lipinski definition) is 2. The topological polar surface area (TPSA) is 131 Å². The first-order valence-corrected chi connectivity index (χ1v) is 13.1. The Labute approximate surface area is 191 Å². The number of morpholine rings is 1. The van der Waals surface area contributed by atoms with Crippen LogP contribution in [0.5, 0.6) is 5.75 Å². The van der Waals surface area contributed by atoms with Gasteiger partial charge < -0.3 is 14.8 Å². The van der Waals surface area contributed by atoms with E-state index in [-0.39, 0.29) is 58.9 Å². The Hall–Kier alpha value is -2.38. The van der Waals surface area contributed by atoms with Crippen molar-refractivity contribution in [1.82, 2.24) is 4.31 Å². The Kier molecular flexibility index (Phi) is 7.30. The van der Waals surface area contributed by atoms with Gasteiger partial charge in [-0.15, -0.1) is 0 Å². The second-order valence-corrected chi connectivity index (χ2v) is 11.0. The minimum atomic E-state index is -3.89. The van der Waals surface area contributed by atoms with Gasteiger partial charge in [0, 0.05) is 24.5 Å². The van der Waals surface area contributed by atoms with Crippen molar-refractivity contribution < 1.29 is 31.1 Å². The van der Waals surface area contributed by atoms with Crippen LogP contribution in [0.15, 0.2) is 41.3 Å². The van der Waals surface area contributed by atoms with Crippen molar-refractivity contribution in [3.8, 4) is 5.75 Å². The van der Waals surface area contributed by atoms with Gasteiger partial charge in [-0.05, 0) is 36.4 Å². The molecule has 2 aromatic carbocycles. The molecule has 1 amide bonds. The smallest absolute Gasteiger partial charge is 0.257 e. The SMILES string of the molecule is COc1ccc(NC(=O)c2cc(NS(C)(=O)=O)ccc2Cl)cc1S(=O)(=O)N1CCOCC1. The maximum atomic E-state index is 13.1. The minimum absolute atomic E-state index is 0.00808. The third kappa shape index (κ3) is 5.70. The van der Waals surface area contributed by atoms with Gasteiger partial charge >= 0.3 is 0 Å². The van der Waals surface area contributed by atoms with E-state index < -0.39 is 26.0 Å². The average Bonchev–Trinajstić information content (AvgIpc) is 2.74. The van der Waals surface area contributed by atoms with Crippen molar-refractivity contribution in [2.24, 2.45) is 0 Å². The highest BCUT2D eigenvalue weighted by molar-refractivity contribution is 7.92. The number of carbonyl (C=O) groups is 1. The first-order chi connectivity index (χ1) is 15.0. The molecule has 0 radical (unpaired) electrons. The van der Waals surface area contributed by atoms with Crippen LogP contribution in [0.3, 0.4) is 0 Å². The van der Waals surface area contributed by atoms with E-state index in [0.717, 1.165) is 6.26 Å². The molecule has 1 saturated heterocycles. The van der Waals surface area contributed by atoms with Gasteiger partial charge in [-0.25, -0.2) is 16.8 Å². The largest absolute Gasteiger partial charge is 0.495 e. The Morgan fingerprint density at radius 2 is 1.72 bits per heavy atom. The lowest BCUT2D eigenvalue weighted by Gasteiger charge is -2.26. The zero-order chi connectivity index (χ0) is 23.5. The molecule has 0 bridgehead atoms. The summed E-state index contributed by atoms with van der Waals surface area (Å²) in [6, 6.07) is 8.31. The summed E-state index contributed by atoms with van der Waals surface area (Å²) in [4.78, 5) is 12.7. The maximum Gasteiger partial charge on any atom is 0.257 e. The molecule has 0 aliphatic carbocycles. The lowest BCUT2D eigenvalue weighted by atomic mass is 10.2. The molecule has 32 heavy (non-hydrogen) atoms. The lowest BCUT2D eigenvalue weighted by molar-refractivity contribution is 0.0729. The lowest BCUT2D eigenvalue weighted by Crippen LogP contribution is -2.40. The van der Waals surface area contributed by atoms with Crippen LogP contribution in [0.2, 0.25) is 5.02 Å². The predicted molar refractivity (Wildman–Crippen MR) is 120 cm³/mol. The molecule has 13 heteroatoms. The highest BCUT2D eigenvalue weighted by Crippen LogP contribution is 2.31. The van der Waals surface area contributed by atoms with E-state index in [0.29, 0.717) is 0 Å². The number of rotatable bonds is 7. The molecule has 1 fully saturated rings. The van der Waals surface area contributed by atoms with Crippen molar-refractivity contribution in [3.63, 3.8) is 0 Å². The molecule has 0 aromatic heterocycles. The number of ether oxygens (including phenoxy) is 2. The van der Waals surface area contributed by atoms with Crippen molar-refractivity contribution in [2.75, 3.05) is 49.7 Å². The number of anilines is 2. The highest BCUT2D eigenvalue weighted by atomic mass is 35.5. The third-order valence-electron chi connectivity index (χ3n) is 4.52. The highest BCUT2D eigenvalue weighted by Gasteiger charge is 2.29. The monoisotopic (exact) mass is 503 g/mol. The van der Waals surface area contributed by atoms with E-state index >= 15 is 0 Å². The van der Waals surface area contributed by atoms with Crippen molar-refractivity contribution >= 4 is 48.9 Å². The molecule has 1 aliphatic heterocycles. The molecule has 1 heterocycles. The van der Waals surface area contributed by atoms with Gasteiger partial charge in [-0.1, -0.05) is 11.6 Å². The number of carbonyl (C=O) groups excluding carboxylic acids is 1. The minimum Gasteiger partial charge on any atom is -0.495 e. The van der Waals surface area contributed by atoms with Crippen LogP contribution >= 0.6 is 11.6 Å². The summed E-state index contributed by atoms with van der Waals surface area (Å²) in [5.41, 5.74) is 0.362. The van der Waals surface area contributed by atoms with E-state index in [2.05, 4.69) is 10.0 Å². The van der Waals surface area contributed by atoms with Gasteiger partial charge in [0.1, 0.15) is 10.6 Å². The fourth-order valence-electron chi connectivity index (χ4n) is 3.06. The number of methoxy groups -OCH3 is 1. The number of amides is 1. The van der Waals surface area contributed by atoms with Gasteiger partial charge in [0.2, 0.25) is 20.0 Å². The van der Waals surface area contributed by atoms with E-state index in [1.165, 1.54) is 47.8 Å². The number of sulfonamides is 2. The Morgan fingerprint density at radius 1 is 1.06 bits per heavy atom. The molecule has 10 nitrogen and oxygen atoms in total. The van der Waals surface area contributed by atoms with Crippen LogP contribution in [-0.4, -0.2) is 66.7 Å². The molecule has 0 spiro atoms. The second kappa shape index (κ2) is 9.63. The molecule has 0 atom stereocenters. The molecule has 0 saturated carbocycles. The molecule has 0 unspecified atom stereocenters. The molecular weight excluding hydrogens is 482 g/mol. The summed E-state index contributed by atoms with van der Waals surface area (Å²) in [6.45, 7) is 0.984. The zero-order valence-corrected chi connectivity index (χ0v) is 19.7. The van der Waals surface area contributed by atoms with Crippen molar-refractivity contribution in [1.29, 1.82) is 0 Å². The first-order valence-electron chi connectivity index (χ1n) is 9.36. The number of nitrogens with one attached hydrogen (secondary N) is 2. The van der Waals surface area contributed by atoms with Gasteiger partial charge in [0.05, 0.1) is 37.2 Å². The summed E-state index contributed by atoms with van der Waals surface area (Å²) in [5.74, 6) is -0.515. The Morgan fingerprint density at radius 3 is 2.34 bits per heavy atom. The summed E-state index contributed by atoms with van der Waals surface area (Å²) < 4.78 is 63.1. The Balaban J connectivity index is 1.91. The first kappa shape index (κ1) is 24.3. The van der Waals surface area contributed by atoms with Gasteiger partial charge in [-0.3, -0.25) is 9.52 Å². The number of benzene rings is 2. The van der Waals surface area contributed by atoms with Gasteiger partial charge in [0.15, 0.2) is 0 Å². The van der Waals surface area contributed by atoms with E-state index in [9.17, 15) is 21.6 Å². The van der Waals surface area contributed by atoms with E-state index in [4.69, 9.17) is 21.1 Å². The van der Waals surface area contributed by atoms with E-state index in [1.807, 2.05) is 0 Å². The molecule has 2 aromatic rings. The number of nitrogens with zero attached hydrogens (tertiary/aromatic N) is 1. The van der Waals surface area contributed by atoms with Crippen LogP contribution in [0.25, 0.3) is 0 Å². The summed E-state index contributed by atoms with van der Waals surface area (Å²) in [6.07, 6.45) is 0.981. The summed E-state index contributed by atoms with van der Waals surface area (Å²) in [7, 11) is -6.09. The van der Waals surface area contributed by atoms with Crippen LogP contribution < -0.4 is 14.8 Å². The Bertz CT molecular complexity index is 1230. The van der Waals surface area contributed by atoms with Crippen LogP contribution in [-0.2, 0) is 24.8 Å². The molecule has 2 N–H and O–H groups in total. The van der Waals surface area contributed by atoms with Gasteiger partial charge in [0.25, 0.3) is 5.91 Å².